The first kappa shape index (κ1) is 13.0. The zero-order chi connectivity index (χ0) is 12.1. The molecule has 1 rings (SSSR count). The molecule has 0 aromatic heterocycles. The van der Waals surface area contributed by atoms with E-state index in [0.717, 1.165) is 0 Å². The van der Waals surface area contributed by atoms with Crippen LogP contribution in [0.1, 0.15) is 33.6 Å². The highest BCUT2D eigenvalue weighted by Gasteiger charge is 2.29. The van der Waals surface area contributed by atoms with E-state index in [1.54, 1.807) is 0 Å². The van der Waals surface area contributed by atoms with Gasteiger partial charge in [0.2, 0.25) is 0 Å². The summed E-state index contributed by atoms with van der Waals surface area (Å²) < 4.78 is 15.6. The molecule has 0 saturated carbocycles. The molecule has 5 heteroatoms. The van der Waals surface area contributed by atoms with Gasteiger partial charge in [-0.15, -0.1) is 0 Å². The van der Waals surface area contributed by atoms with E-state index in [-0.39, 0.29) is 36.9 Å². The van der Waals surface area contributed by atoms with Gasteiger partial charge < -0.3 is 14.2 Å². The fourth-order valence-electron chi connectivity index (χ4n) is 1.85. The molecular weight excluding hydrogens is 212 g/mol. The lowest BCUT2D eigenvalue weighted by Crippen LogP contribution is -2.39. The van der Waals surface area contributed by atoms with Crippen LogP contribution in [0.25, 0.3) is 0 Å². The molecule has 1 unspecified atom stereocenters. The molecule has 1 aliphatic heterocycles. The SMILES string of the molecule is CC(=O)OC[C@@H]1C[C@H](OC(C)=O)CC(C)O1. The Morgan fingerprint density at radius 1 is 1.25 bits per heavy atom. The van der Waals surface area contributed by atoms with E-state index in [2.05, 4.69) is 0 Å². The number of hydrogen-bond acceptors (Lipinski definition) is 5. The van der Waals surface area contributed by atoms with E-state index in [0.29, 0.717) is 12.8 Å². The Hall–Kier alpha value is -1.10. The molecule has 0 amide bonds. The average Bonchev–Trinajstić information content (AvgIpc) is 2.12. The summed E-state index contributed by atoms with van der Waals surface area (Å²) in [5, 5.41) is 0. The Bertz CT molecular complexity index is 263. The van der Waals surface area contributed by atoms with Crippen LogP contribution in [0.15, 0.2) is 0 Å². The smallest absolute Gasteiger partial charge is 0.302 e. The van der Waals surface area contributed by atoms with Gasteiger partial charge in [-0.05, 0) is 6.92 Å². The van der Waals surface area contributed by atoms with Gasteiger partial charge in [0, 0.05) is 26.7 Å². The lowest BCUT2D eigenvalue weighted by Gasteiger charge is -2.32. The van der Waals surface area contributed by atoms with E-state index in [1.807, 2.05) is 6.92 Å². The molecule has 0 aromatic carbocycles. The van der Waals surface area contributed by atoms with Crippen molar-refractivity contribution in [1.82, 2.24) is 0 Å². The topological polar surface area (TPSA) is 61.8 Å². The highest BCUT2D eigenvalue weighted by atomic mass is 16.6. The first-order chi connectivity index (χ1) is 7.47. The van der Waals surface area contributed by atoms with Gasteiger partial charge in [0.15, 0.2) is 0 Å². The average molecular weight is 230 g/mol. The Morgan fingerprint density at radius 3 is 2.50 bits per heavy atom. The van der Waals surface area contributed by atoms with Crippen LogP contribution in [-0.4, -0.2) is 36.9 Å². The van der Waals surface area contributed by atoms with Crippen LogP contribution in [0.4, 0.5) is 0 Å². The summed E-state index contributed by atoms with van der Waals surface area (Å²) in [6.45, 7) is 4.88. The predicted octanol–water partition coefficient (Wildman–Crippen LogP) is 1.05. The maximum atomic E-state index is 10.8. The largest absolute Gasteiger partial charge is 0.463 e. The molecule has 0 N–H and O–H groups in total. The third-order valence-electron chi connectivity index (χ3n) is 2.35. The Kier molecular flexibility index (Phi) is 4.73. The Morgan fingerprint density at radius 2 is 1.94 bits per heavy atom. The lowest BCUT2D eigenvalue weighted by molar-refractivity contribution is -0.167. The monoisotopic (exact) mass is 230 g/mol. The number of esters is 2. The minimum Gasteiger partial charge on any atom is -0.463 e. The minimum absolute atomic E-state index is 0.0126. The van der Waals surface area contributed by atoms with Crippen LogP contribution in [0, 0.1) is 0 Å². The first-order valence-electron chi connectivity index (χ1n) is 5.43. The minimum atomic E-state index is -0.328. The van der Waals surface area contributed by atoms with Crippen LogP contribution >= 0.6 is 0 Å². The summed E-state index contributed by atoms with van der Waals surface area (Å²) in [5.41, 5.74) is 0. The van der Waals surface area contributed by atoms with E-state index in [1.165, 1.54) is 13.8 Å². The van der Waals surface area contributed by atoms with Gasteiger partial charge in [-0.25, -0.2) is 0 Å². The van der Waals surface area contributed by atoms with Crippen molar-refractivity contribution < 1.29 is 23.8 Å². The van der Waals surface area contributed by atoms with Crippen molar-refractivity contribution in [3.05, 3.63) is 0 Å². The van der Waals surface area contributed by atoms with E-state index in [9.17, 15) is 9.59 Å². The predicted molar refractivity (Wildman–Crippen MR) is 55.8 cm³/mol. The maximum Gasteiger partial charge on any atom is 0.302 e. The fourth-order valence-corrected chi connectivity index (χ4v) is 1.85. The first-order valence-corrected chi connectivity index (χ1v) is 5.43. The molecule has 1 saturated heterocycles. The van der Waals surface area contributed by atoms with Crippen molar-refractivity contribution in [3.63, 3.8) is 0 Å². The van der Waals surface area contributed by atoms with Gasteiger partial charge >= 0.3 is 11.9 Å². The van der Waals surface area contributed by atoms with Gasteiger partial charge in [0.05, 0.1) is 12.2 Å². The van der Waals surface area contributed by atoms with Crippen LogP contribution in [0.5, 0.6) is 0 Å². The highest BCUT2D eigenvalue weighted by molar-refractivity contribution is 5.66. The van der Waals surface area contributed by atoms with Crippen LogP contribution < -0.4 is 0 Å². The van der Waals surface area contributed by atoms with Crippen LogP contribution in [-0.2, 0) is 23.8 Å². The zero-order valence-corrected chi connectivity index (χ0v) is 9.89. The molecule has 0 spiro atoms. The van der Waals surface area contributed by atoms with Crippen LogP contribution in [0.3, 0.4) is 0 Å². The molecule has 0 aromatic rings. The van der Waals surface area contributed by atoms with Gasteiger partial charge in [-0.1, -0.05) is 0 Å². The molecular formula is C11H18O5. The fraction of sp³-hybridized carbons (Fsp3) is 0.818. The van der Waals surface area contributed by atoms with Crippen molar-refractivity contribution in [2.75, 3.05) is 6.61 Å². The lowest BCUT2D eigenvalue weighted by atomic mass is 10.0. The third-order valence-corrected chi connectivity index (χ3v) is 2.35. The molecule has 3 atom stereocenters. The molecule has 5 nitrogen and oxygen atoms in total. The molecule has 0 radical (unpaired) electrons. The van der Waals surface area contributed by atoms with E-state index < -0.39 is 0 Å². The number of carbonyl (C=O) groups excluding carboxylic acids is 2. The number of rotatable bonds is 3. The zero-order valence-electron chi connectivity index (χ0n) is 9.89. The second-order valence-electron chi connectivity index (χ2n) is 4.07. The molecule has 1 aliphatic rings. The highest BCUT2D eigenvalue weighted by Crippen LogP contribution is 2.22. The molecule has 0 aliphatic carbocycles. The summed E-state index contributed by atoms with van der Waals surface area (Å²) in [4.78, 5) is 21.5. The molecule has 92 valence electrons. The number of carbonyl (C=O) groups is 2. The second-order valence-corrected chi connectivity index (χ2v) is 4.07. The molecule has 1 heterocycles. The van der Waals surface area contributed by atoms with Crippen LogP contribution in [0.2, 0.25) is 0 Å². The number of hydrogen-bond donors (Lipinski definition) is 0. The van der Waals surface area contributed by atoms with Crippen molar-refractivity contribution >= 4 is 11.9 Å². The van der Waals surface area contributed by atoms with Crippen molar-refractivity contribution in [2.24, 2.45) is 0 Å². The normalized spacial score (nSPS) is 29.6. The Labute approximate surface area is 95.0 Å². The van der Waals surface area contributed by atoms with E-state index >= 15 is 0 Å². The van der Waals surface area contributed by atoms with Gasteiger partial charge in [0.1, 0.15) is 12.7 Å². The molecule has 16 heavy (non-hydrogen) atoms. The molecule has 0 bridgehead atoms. The second kappa shape index (κ2) is 5.84. The van der Waals surface area contributed by atoms with Gasteiger partial charge in [0.25, 0.3) is 0 Å². The number of ether oxygens (including phenoxy) is 3. The van der Waals surface area contributed by atoms with Crippen molar-refractivity contribution in [3.8, 4) is 0 Å². The summed E-state index contributed by atoms with van der Waals surface area (Å²) in [7, 11) is 0. The van der Waals surface area contributed by atoms with Gasteiger partial charge in [-0.2, -0.15) is 0 Å². The maximum absolute atomic E-state index is 10.8. The standard InChI is InChI=1S/C11H18O5/c1-7-4-10(16-9(3)13)5-11(15-7)6-14-8(2)12/h7,10-11H,4-6H2,1-3H3/t7?,10-,11+/m1/s1. The summed E-state index contributed by atoms with van der Waals surface area (Å²) >= 11 is 0. The third kappa shape index (κ3) is 4.61. The van der Waals surface area contributed by atoms with Crippen molar-refractivity contribution in [1.29, 1.82) is 0 Å². The summed E-state index contributed by atoms with van der Waals surface area (Å²) in [6.07, 6.45) is 0.963. The van der Waals surface area contributed by atoms with Gasteiger partial charge in [-0.3, -0.25) is 9.59 Å². The van der Waals surface area contributed by atoms with E-state index in [4.69, 9.17) is 14.2 Å². The molecule has 1 fully saturated rings. The summed E-state index contributed by atoms with van der Waals surface area (Å²) in [6, 6.07) is 0. The van der Waals surface area contributed by atoms with Crippen molar-refractivity contribution in [2.45, 2.75) is 51.9 Å². The summed E-state index contributed by atoms with van der Waals surface area (Å²) in [5.74, 6) is -0.615. The Balaban J connectivity index is 2.40. The quantitative estimate of drug-likeness (QED) is 0.678.